The van der Waals surface area contributed by atoms with Crippen molar-refractivity contribution in [3.8, 4) is 0 Å². The molecule has 0 saturated heterocycles. The molecule has 2 rings (SSSR count). The Labute approximate surface area is 112 Å². The van der Waals surface area contributed by atoms with Gasteiger partial charge < -0.3 is 5.32 Å². The lowest BCUT2D eigenvalue weighted by Gasteiger charge is -2.16. The number of thiophene rings is 1. The maximum absolute atomic E-state index is 14.0. The van der Waals surface area contributed by atoms with E-state index in [-0.39, 0.29) is 11.9 Å². The first-order valence-electron chi connectivity index (χ1n) is 6.03. The summed E-state index contributed by atoms with van der Waals surface area (Å²) in [7, 11) is 1.87. The first-order valence-corrected chi connectivity index (χ1v) is 6.85. The Hall–Kier alpha value is -1.19. The molecule has 0 aliphatic carbocycles. The van der Waals surface area contributed by atoms with E-state index < -0.39 is 0 Å². The Bertz CT molecular complexity index is 540. The van der Waals surface area contributed by atoms with Crippen LogP contribution in [0.15, 0.2) is 24.3 Å². The summed E-state index contributed by atoms with van der Waals surface area (Å²) in [5, 5.41) is 3.21. The van der Waals surface area contributed by atoms with Crippen LogP contribution < -0.4 is 5.32 Å². The van der Waals surface area contributed by atoms with Gasteiger partial charge in [-0.2, -0.15) is 0 Å². The maximum Gasteiger partial charge on any atom is 0.128 e. The summed E-state index contributed by atoms with van der Waals surface area (Å²) in [5.41, 5.74) is 3.07. The zero-order chi connectivity index (χ0) is 13.3. The quantitative estimate of drug-likeness (QED) is 0.878. The second-order valence-electron chi connectivity index (χ2n) is 4.63. The first kappa shape index (κ1) is 13.2. The predicted octanol–water partition coefficient (Wildman–Crippen LogP) is 4.12. The highest BCUT2D eigenvalue weighted by atomic mass is 32.1. The molecule has 1 nitrogen and oxygen atoms in total. The number of nitrogens with one attached hydrogen (secondary N) is 1. The van der Waals surface area contributed by atoms with E-state index >= 15 is 0 Å². The molecule has 0 spiro atoms. The van der Waals surface area contributed by atoms with Crippen LogP contribution in [-0.4, -0.2) is 7.05 Å². The van der Waals surface area contributed by atoms with E-state index in [2.05, 4.69) is 25.2 Å². The molecule has 0 amide bonds. The molecular formula is C15H18FNS. The van der Waals surface area contributed by atoms with Gasteiger partial charge in [-0.05, 0) is 45.5 Å². The van der Waals surface area contributed by atoms with Gasteiger partial charge in [0.25, 0.3) is 0 Å². The molecule has 3 heteroatoms. The van der Waals surface area contributed by atoms with E-state index in [4.69, 9.17) is 0 Å². The van der Waals surface area contributed by atoms with E-state index in [1.54, 1.807) is 23.5 Å². The summed E-state index contributed by atoms with van der Waals surface area (Å²) in [5.74, 6) is -0.149. The van der Waals surface area contributed by atoms with Crippen molar-refractivity contribution in [2.45, 2.75) is 26.8 Å². The Balaban J connectivity index is 2.48. The molecular weight excluding hydrogens is 245 g/mol. The lowest BCUT2D eigenvalue weighted by atomic mass is 10.0. The number of halogens is 1. The SMILES string of the molecule is CNC(c1cc(C)c(C)s1)c1cc(C)ccc1F. The van der Waals surface area contributed by atoms with Crippen molar-refractivity contribution in [2.24, 2.45) is 0 Å². The molecule has 2 aromatic rings. The van der Waals surface area contributed by atoms with Crippen LogP contribution in [0.5, 0.6) is 0 Å². The molecule has 1 aromatic heterocycles. The largest absolute Gasteiger partial charge is 0.309 e. The van der Waals surface area contributed by atoms with Gasteiger partial charge in [0, 0.05) is 15.3 Å². The third-order valence-corrected chi connectivity index (χ3v) is 4.44. The van der Waals surface area contributed by atoms with Crippen molar-refractivity contribution in [3.63, 3.8) is 0 Å². The van der Waals surface area contributed by atoms with E-state index in [0.717, 1.165) is 16.0 Å². The van der Waals surface area contributed by atoms with Gasteiger partial charge in [-0.15, -0.1) is 11.3 Å². The standard InChI is InChI=1S/C15H18FNS/c1-9-5-6-13(16)12(7-9)15(17-4)14-8-10(2)11(3)18-14/h5-8,15,17H,1-4H3. The third kappa shape index (κ3) is 2.47. The van der Waals surface area contributed by atoms with Gasteiger partial charge >= 0.3 is 0 Å². The summed E-state index contributed by atoms with van der Waals surface area (Å²) >= 11 is 1.73. The molecule has 1 atom stereocenters. The Morgan fingerprint density at radius 1 is 1.17 bits per heavy atom. The van der Waals surface area contributed by atoms with Gasteiger partial charge in [0.2, 0.25) is 0 Å². The molecule has 0 aliphatic heterocycles. The van der Waals surface area contributed by atoms with Crippen LogP contribution in [-0.2, 0) is 0 Å². The van der Waals surface area contributed by atoms with Crippen molar-refractivity contribution in [1.29, 1.82) is 0 Å². The molecule has 1 unspecified atom stereocenters. The van der Waals surface area contributed by atoms with Gasteiger partial charge in [-0.3, -0.25) is 0 Å². The normalized spacial score (nSPS) is 12.7. The Morgan fingerprint density at radius 3 is 2.44 bits per heavy atom. The van der Waals surface area contributed by atoms with E-state index in [1.165, 1.54) is 10.4 Å². The summed E-state index contributed by atoms with van der Waals surface area (Å²) in [6.45, 7) is 6.18. The van der Waals surface area contributed by atoms with Crippen LogP contribution >= 0.6 is 11.3 Å². The lowest BCUT2D eigenvalue weighted by Crippen LogP contribution is -2.18. The number of rotatable bonds is 3. The van der Waals surface area contributed by atoms with Crippen molar-refractivity contribution >= 4 is 11.3 Å². The van der Waals surface area contributed by atoms with Crippen LogP contribution in [0.2, 0.25) is 0 Å². The fraction of sp³-hybridized carbons (Fsp3) is 0.333. The highest BCUT2D eigenvalue weighted by Crippen LogP contribution is 2.32. The van der Waals surface area contributed by atoms with Crippen LogP contribution in [0.3, 0.4) is 0 Å². The van der Waals surface area contributed by atoms with Crippen LogP contribution in [0.4, 0.5) is 4.39 Å². The van der Waals surface area contributed by atoms with Crippen LogP contribution in [0.1, 0.15) is 32.5 Å². The summed E-state index contributed by atoms with van der Waals surface area (Å²) in [4.78, 5) is 2.45. The maximum atomic E-state index is 14.0. The number of aryl methyl sites for hydroxylation is 3. The molecule has 1 N–H and O–H groups in total. The summed E-state index contributed by atoms with van der Waals surface area (Å²) in [6.07, 6.45) is 0. The molecule has 1 aromatic carbocycles. The van der Waals surface area contributed by atoms with Gasteiger partial charge in [-0.1, -0.05) is 17.7 Å². The third-order valence-electron chi connectivity index (χ3n) is 3.22. The first-order chi connectivity index (χ1) is 8.52. The molecule has 0 aliphatic rings. The molecule has 0 radical (unpaired) electrons. The molecule has 1 heterocycles. The zero-order valence-corrected chi connectivity index (χ0v) is 12.0. The minimum Gasteiger partial charge on any atom is -0.309 e. The Morgan fingerprint density at radius 2 is 1.89 bits per heavy atom. The van der Waals surface area contributed by atoms with Crippen molar-refractivity contribution in [3.05, 3.63) is 56.5 Å². The summed E-state index contributed by atoms with van der Waals surface area (Å²) in [6, 6.07) is 7.34. The lowest BCUT2D eigenvalue weighted by molar-refractivity contribution is 0.578. The molecule has 0 bridgehead atoms. The fourth-order valence-electron chi connectivity index (χ4n) is 2.08. The minimum atomic E-state index is -0.149. The highest BCUT2D eigenvalue weighted by Gasteiger charge is 2.18. The second kappa shape index (κ2) is 5.21. The van der Waals surface area contributed by atoms with Gasteiger partial charge in [-0.25, -0.2) is 4.39 Å². The molecule has 0 fully saturated rings. The zero-order valence-electron chi connectivity index (χ0n) is 11.2. The van der Waals surface area contributed by atoms with E-state index in [0.29, 0.717) is 0 Å². The van der Waals surface area contributed by atoms with Crippen molar-refractivity contribution in [2.75, 3.05) is 7.05 Å². The molecule has 0 saturated carbocycles. The number of hydrogen-bond acceptors (Lipinski definition) is 2. The summed E-state index contributed by atoms with van der Waals surface area (Å²) < 4.78 is 14.0. The van der Waals surface area contributed by atoms with Crippen molar-refractivity contribution < 1.29 is 4.39 Å². The molecule has 18 heavy (non-hydrogen) atoms. The Kier molecular flexibility index (Phi) is 3.83. The monoisotopic (exact) mass is 263 g/mol. The van der Waals surface area contributed by atoms with Gasteiger partial charge in [0.1, 0.15) is 5.82 Å². The predicted molar refractivity (Wildman–Crippen MR) is 75.8 cm³/mol. The van der Waals surface area contributed by atoms with Gasteiger partial charge in [0.15, 0.2) is 0 Å². The smallest absolute Gasteiger partial charge is 0.128 e. The molecule has 96 valence electrons. The van der Waals surface area contributed by atoms with Gasteiger partial charge in [0.05, 0.1) is 6.04 Å². The fourth-order valence-corrected chi connectivity index (χ4v) is 3.25. The van der Waals surface area contributed by atoms with E-state index in [9.17, 15) is 4.39 Å². The number of hydrogen-bond donors (Lipinski definition) is 1. The van der Waals surface area contributed by atoms with Crippen LogP contribution in [0, 0.1) is 26.6 Å². The average Bonchev–Trinajstić information content (AvgIpc) is 2.65. The highest BCUT2D eigenvalue weighted by molar-refractivity contribution is 7.12. The topological polar surface area (TPSA) is 12.0 Å². The average molecular weight is 263 g/mol. The van der Waals surface area contributed by atoms with E-state index in [1.807, 2.05) is 20.0 Å². The minimum absolute atomic E-state index is 0.0673. The van der Waals surface area contributed by atoms with Crippen LogP contribution in [0.25, 0.3) is 0 Å². The van der Waals surface area contributed by atoms with Crippen molar-refractivity contribution in [1.82, 2.24) is 5.32 Å². The second-order valence-corrected chi connectivity index (χ2v) is 5.92. The number of benzene rings is 1.